The summed E-state index contributed by atoms with van der Waals surface area (Å²) >= 11 is 3.52. The summed E-state index contributed by atoms with van der Waals surface area (Å²) in [5.74, 6) is 0. The zero-order valence-electron chi connectivity index (χ0n) is 13.8. The molecule has 2 rings (SSSR count). The molecule has 1 amide bonds. The van der Waals surface area contributed by atoms with Crippen molar-refractivity contribution in [2.24, 2.45) is 0 Å². The van der Waals surface area contributed by atoms with Crippen LogP contribution in [-0.2, 0) is 4.74 Å². The van der Waals surface area contributed by atoms with Crippen molar-refractivity contribution in [3.8, 4) is 0 Å². The van der Waals surface area contributed by atoms with Gasteiger partial charge >= 0.3 is 6.09 Å². The Kier molecular flexibility index (Phi) is 5.68. The minimum absolute atomic E-state index is 0.00482. The van der Waals surface area contributed by atoms with Crippen LogP contribution in [0.4, 0.5) is 10.5 Å². The minimum Gasteiger partial charge on any atom is -0.444 e. The Balaban J connectivity index is 2.07. The maximum Gasteiger partial charge on any atom is 0.407 e. The number of piperidine rings is 1. The number of anilines is 1. The maximum atomic E-state index is 11.9. The van der Waals surface area contributed by atoms with Gasteiger partial charge in [-0.2, -0.15) is 0 Å². The van der Waals surface area contributed by atoms with Crippen molar-refractivity contribution in [3.05, 3.63) is 28.2 Å². The van der Waals surface area contributed by atoms with E-state index in [1.54, 1.807) is 6.07 Å². The topological polar surface area (TPSA) is 58.6 Å². The zero-order chi connectivity index (χ0) is 17.0. The molecular formula is C17H23BrN2O3. The molecule has 1 fully saturated rings. The number of alkyl carbamates (subject to hydrolysis) is 1. The summed E-state index contributed by atoms with van der Waals surface area (Å²) in [6.45, 7) is 7.05. The zero-order valence-corrected chi connectivity index (χ0v) is 15.4. The van der Waals surface area contributed by atoms with Gasteiger partial charge in [-0.3, -0.25) is 4.79 Å². The van der Waals surface area contributed by atoms with Crippen LogP contribution in [0.25, 0.3) is 0 Å². The predicted octanol–water partition coefficient (Wildman–Crippen LogP) is 3.76. The highest BCUT2D eigenvalue weighted by Crippen LogP contribution is 2.31. The molecule has 126 valence electrons. The van der Waals surface area contributed by atoms with Crippen molar-refractivity contribution < 1.29 is 14.3 Å². The number of carbonyl (C=O) groups is 2. The molecule has 0 radical (unpaired) electrons. The van der Waals surface area contributed by atoms with Gasteiger partial charge in [0.25, 0.3) is 0 Å². The van der Waals surface area contributed by atoms with Crippen molar-refractivity contribution in [2.75, 3.05) is 18.0 Å². The molecule has 1 aromatic rings. The summed E-state index contributed by atoms with van der Waals surface area (Å²) in [6.07, 6.45) is 2.31. The van der Waals surface area contributed by atoms with Crippen LogP contribution < -0.4 is 10.2 Å². The SMILES string of the molecule is CC(C)(C)OC(=O)N[C@@H]1CCCN(c2c(Br)cccc2C=O)C1. The van der Waals surface area contributed by atoms with Gasteiger partial charge < -0.3 is 15.0 Å². The van der Waals surface area contributed by atoms with E-state index in [9.17, 15) is 9.59 Å². The Morgan fingerprint density at radius 1 is 1.43 bits per heavy atom. The molecule has 1 heterocycles. The number of para-hydroxylation sites is 1. The number of carbonyl (C=O) groups excluding carboxylic acids is 2. The van der Waals surface area contributed by atoms with E-state index in [1.807, 2.05) is 32.9 Å². The molecule has 0 spiro atoms. The number of hydrogen-bond acceptors (Lipinski definition) is 4. The van der Waals surface area contributed by atoms with Crippen LogP contribution >= 0.6 is 15.9 Å². The van der Waals surface area contributed by atoms with Gasteiger partial charge in [0.15, 0.2) is 6.29 Å². The van der Waals surface area contributed by atoms with Crippen molar-refractivity contribution in [2.45, 2.75) is 45.3 Å². The van der Waals surface area contributed by atoms with E-state index < -0.39 is 11.7 Å². The normalized spacial score (nSPS) is 18.4. The third-order valence-corrected chi connectivity index (χ3v) is 4.24. The fourth-order valence-electron chi connectivity index (χ4n) is 2.73. The van der Waals surface area contributed by atoms with Crippen LogP contribution in [0.2, 0.25) is 0 Å². The average Bonchev–Trinajstić information content (AvgIpc) is 2.45. The van der Waals surface area contributed by atoms with E-state index in [-0.39, 0.29) is 6.04 Å². The highest BCUT2D eigenvalue weighted by molar-refractivity contribution is 9.10. The van der Waals surface area contributed by atoms with Gasteiger partial charge in [0.05, 0.1) is 5.69 Å². The number of benzene rings is 1. The van der Waals surface area contributed by atoms with Crippen molar-refractivity contribution in [1.82, 2.24) is 5.32 Å². The predicted molar refractivity (Wildman–Crippen MR) is 94.1 cm³/mol. The van der Waals surface area contributed by atoms with Gasteiger partial charge in [-0.05, 0) is 61.7 Å². The molecule has 1 atom stereocenters. The number of nitrogens with zero attached hydrogens (tertiary/aromatic N) is 1. The molecule has 1 N–H and O–H groups in total. The van der Waals surface area contributed by atoms with Crippen LogP contribution in [0.15, 0.2) is 22.7 Å². The molecule has 1 saturated heterocycles. The fourth-order valence-corrected chi connectivity index (χ4v) is 3.37. The van der Waals surface area contributed by atoms with Crippen LogP contribution in [-0.4, -0.2) is 37.1 Å². The lowest BCUT2D eigenvalue weighted by molar-refractivity contribution is 0.0499. The highest BCUT2D eigenvalue weighted by Gasteiger charge is 2.26. The molecule has 0 bridgehead atoms. The van der Waals surface area contributed by atoms with Gasteiger partial charge in [0, 0.05) is 29.2 Å². The van der Waals surface area contributed by atoms with E-state index in [0.29, 0.717) is 12.1 Å². The van der Waals surface area contributed by atoms with E-state index in [2.05, 4.69) is 26.1 Å². The molecule has 23 heavy (non-hydrogen) atoms. The van der Waals surface area contributed by atoms with Gasteiger partial charge in [-0.1, -0.05) is 6.07 Å². The Hall–Kier alpha value is -1.56. The molecule has 6 heteroatoms. The molecule has 1 aliphatic heterocycles. The molecule has 0 aliphatic carbocycles. The maximum absolute atomic E-state index is 11.9. The molecule has 0 aromatic heterocycles. The summed E-state index contributed by atoms with van der Waals surface area (Å²) in [4.78, 5) is 25.4. The first-order chi connectivity index (χ1) is 10.8. The second-order valence-electron chi connectivity index (χ2n) is 6.73. The van der Waals surface area contributed by atoms with E-state index >= 15 is 0 Å². The van der Waals surface area contributed by atoms with Gasteiger partial charge in [0.2, 0.25) is 0 Å². The second kappa shape index (κ2) is 7.34. The number of amides is 1. The first kappa shape index (κ1) is 17.8. The van der Waals surface area contributed by atoms with Crippen molar-refractivity contribution in [3.63, 3.8) is 0 Å². The quantitative estimate of drug-likeness (QED) is 0.808. The number of halogens is 1. The molecule has 1 aliphatic rings. The number of hydrogen-bond donors (Lipinski definition) is 1. The molecule has 0 unspecified atom stereocenters. The van der Waals surface area contributed by atoms with Crippen LogP contribution in [0.1, 0.15) is 44.0 Å². The largest absolute Gasteiger partial charge is 0.444 e. The third-order valence-electron chi connectivity index (χ3n) is 3.60. The third kappa shape index (κ3) is 4.96. The summed E-state index contributed by atoms with van der Waals surface area (Å²) < 4.78 is 6.20. The van der Waals surface area contributed by atoms with E-state index in [0.717, 1.165) is 35.8 Å². The summed E-state index contributed by atoms with van der Waals surface area (Å²) in [5.41, 5.74) is 1.03. The smallest absolute Gasteiger partial charge is 0.407 e. The Bertz CT molecular complexity index is 584. The first-order valence-corrected chi connectivity index (χ1v) is 8.57. The summed E-state index contributed by atoms with van der Waals surface area (Å²) in [7, 11) is 0. The number of rotatable bonds is 3. The monoisotopic (exact) mass is 382 g/mol. The molecule has 5 nitrogen and oxygen atoms in total. The Morgan fingerprint density at radius 3 is 2.83 bits per heavy atom. The van der Waals surface area contributed by atoms with Crippen LogP contribution in [0.3, 0.4) is 0 Å². The second-order valence-corrected chi connectivity index (χ2v) is 7.58. The van der Waals surface area contributed by atoms with Crippen LogP contribution in [0, 0.1) is 0 Å². The average molecular weight is 383 g/mol. The Morgan fingerprint density at radius 2 is 2.17 bits per heavy atom. The van der Waals surface area contributed by atoms with Gasteiger partial charge in [-0.25, -0.2) is 4.79 Å². The summed E-state index contributed by atoms with van der Waals surface area (Å²) in [5, 5.41) is 2.93. The lowest BCUT2D eigenvalue weighted by atomic mass is 10.0. The van der Waals surface area contributed by atoms with E-state index in [1.165, 1.54) is 0 Å². The standard InChI is InChI=1S/C17H23BrN2O3/c1-17(2,3)23-16(22)19-13-7-5-9-20(10-13)15-12(11-21)6-4-8-14(15)18/h4,6,8,11,13H,5,7,9-10H2,1-3H3,(H,19,22)/t13-/m1/s1. The van der Waals surface area contributed by atoms with E-state index in [4.69, 9.17) is 4.74 Å². The number of nitrogens with one attached hydrogen (secondary N) is 1. The lowest BCUT2D eigenvalue weighted by Gasteiger charge is -2.36. The van der Waals surface area contributed by atoms with Crippen molar-refractivity contribution >= 4 is 34.0 Å². The number of ether oxygens (including phenoxy) is 1. The summed E-state index contributed by atoms with van der Waals surface area (Å²) in [6, 6.07) is 5.58. The first-order valence-electron chi connectivity index (χ1n) is 7.78. The van der Waals surface area contributed by atoms with Gasteiger partial charge in [0.1, 0.15) is 5.60 Å². The van der Waals surface area contributed by atoms with Gasteiger partial charge in [-0.15, -0.1) is 0 Å². The highest BCUT2D eigenvalue weighted by atomic mass is 79.9. The van der Waals surface area contributed by atoms with Crippen LogP contribution in [0.5, 0.6) is 0 Å². The lowest BCUT2D eigenvalue weighted by Crippen LogP contribution is -2.49. The molecule has 0 saturated carbocycles. The minimum atomic E-state index is -0.508. The van der Waals surface area contributed by atoms with Crippen molar-refractivity contribution in [1.29, 1.82) is 0 Å². The number of aldehydes is 1. The molecule has 1 aromatic carbocycles. The fraction of sp³-hybridized carbons (Fsp3) is 0.529. The molecular weight excluding hydrogens is 360 g/mol. The Labute approximate surface area is 145 Å².